The van der Waals surface area contributed by atoms with Crippen LogP contribution in [-0.2, 0) is 0 Å². The van der Waals surface area contributed by atoms with Crippen LogP contribution in [0.4, 0.5) is 5.69 Å². The molecule has 0 radical (unpaired) electrons. The number of ether oxygens (including phenoxy) is 1. The van der Waals surface area contributed by atoms with E-state index in [1.807, 2.05) is 0 Å². The quantitative estimate of drug-likeness (QED) is 0.475. The predicted octanol–water partition coefficient (Wildman–Crippen LogP) is 4.08. The molecule has 0 aromatic heterocycles. The highest BCUT2D eigenvalue weighted by atomic mass is 35.5. The Bertz CT molecular complexity index is 505. The number of nitrogens with zero attached hydrogens (tertiary/aromatic N) is 1. The third-order valence-corrected chi connectivity index (χ3v) is 5.03. The zero-order valence-electron chi connectivity index (χ0n) is 11.4. The van der Waals surface area contributed by atoms with Crippen LogP contribution in [0.5, 0.6) is 5.75 Å². The fourth-order valence-corrected chi connectivity index (χ4v) is 2.94. The van der Waals surface area contributed by atoms with Crippen molar-refractivity contribution in [3.63, 3.8) is 0 Å². The van der Waals surface area contributed by atoms with Crippen molar-refractivity contribution in [2.24, 2.45) is 5.41 Å². The molecule has 1 aliphatic rings. The molecule has 0 heterocycles. The molecule has 5 heteroatoms. The standard InChI is InChI=1S/C14H18ClNO3/c1-4-14(3)12(15)8-13(14)19-11-7-5-6-10(9(11)2)16(17)18/h5-7,12-13H,4,8H2,1-3H3. The number of hydrogen-bond acceptors (Lipinski definition) is 3. The molecule has 1 aromatic rings. The van der Waals surface area contributed by atoms with Gasteiger partial charge >= 0.3 is 0 Å². The first-order chi connectivity index (χ1) is 8.90. The summed E-state index contributed by atoms with van der Waals surface area (Å²) < 4.78 is 5.96. The Morgan fingerprint density at radius 3 is 2.79 bits per heavy atom. The molecule has 1 aliphatic carbocycles. The maximum absolute atomic E-state index is 10.9. The van der Waals surface area contributed by atoms with Crippen LogP contribution in [0.25, 0.3) is 0 Å². The molecule has 3 atom stereocenters. The Labute approximate surface area is 117 Å². The van der Waals surface area contributed by atoms with E-state index in [0.29, 0.717) is 11.3 Å². The summed E-state index contributed by atoms with van der Waals surface area (Å²) in [7, 11) is 0. The first kappa shape index (κ1) is 14.1. The Balaban J connectivity index is 2.21. The van der Waals surface area contributed by atoms with Gasteiger partial charge in [0, 0.05) is 23.3 Å². The third-order valence-electron chi connectivity index (χ3n) is 4.36. The minimum absolute atomic E-state index is 0.0284. The zero-order chi connectivity index (χ0) is 14.2. The highest BCUT2D eigenvalue weighted by Crippen LogP contribution is 2.49. The number of rotatable bonds is 4. The van der Waals surface area contributed by atoms with Crippen LogP contribution < -0.4 is 4.74 Å². The van der Waals surface area contributed by atoms with Crippen molar-refractivity contribution < 1.29 is 9.66 Å². The van der Waals surface area contributed by atoms with E-state index in [2.05, 4.69) is 13.8 Å². The molecule has 1 saturated carbocycles. The molecule has 3 unspecified atom stereocenters. The number of hydrogen-bond donors (Lipinski definition) is 0. The van der Waals surface area contributed by atoms with E-state index >= 15 is 0 Å². The van der Waals surface area contributed by atoms with Crippen LogP contribution in [0.15, 0.2) is 18.2 Å². The second-order valence-electron chi connectivity index (χ2n) is 5.33. The number of nitro groups is 1. The van der Waals surface area contributed by atoms with E-state index in [1.54, 1.807) is 19.1 Å². The smallest absolute Gasteiger partial charge is 0.276 e. The summed E-state index contributed by atoms with van der Waals surface area (Å²) in [6.45, 7) is 5.91. The normalized spacial score (nSPS) is 29.7. The Morgan fingerprint density at radius 1 is 1.58 bits per heavy atom. The molecule has 0 amide bonds. The zero-order valence-corrected chi connectivity index (χ0v) is 12.1. The van der Waals surface area contributed by atoms with E-state index in [4.69, 9.17) is 16.3 Å². The highest BCUT2D eigenvalue weighted by molar-refractivity contribution is 6.21. The summed E-state index contributed by atoms with van der Waals surface area (Å²) >= 11 is 6.25. The second-order valence-corrected chi connectivity index (χ2v) is 5.85. The van der Waals surface area contributed by atoms with E-state index in [-0.39, 0.29) is 27.5 Å². The van der Waals surface area contributed by atoms with Crippen molar-refractivity contribution in [3.05, 3.63) is 33.9 Å². The van der Waals surface area contributed by atoms with E-state index in [9.17, 15) is 10.1 Å². The fraction of sp³-hybridized carbons (Fsp3) is 0.571. The van der Waals surface area contributed by atoms with Gasteiger partial charge in [-0.25, -0.2) is 0 Å². The van der Waals surface area contributed by atoms with Crippen LogP contribution in [0.2, 0.25) is 0 Å². The molecule has 0 saturated heterocycles. The number of nitro benzene ring substituents is 1. The maximum atomic E-state index is 10.9. The molecule has 104 valence electrons. The van der Waals surface area contributed by atoms with Crippen LogP contribution in [0, 0.1) is 22.5 Å². The minimum atomic E-state index is -0.383. The largest absolute Gasteiger partial charge is 0.489 e. The molecule has 2 rings (SSSR count). The van der Waals surface area contributed by atoms with Gasteiger partial charge < -0.3 is 4.74 Å². The Morgan fingerprint density at radius 2 is 2.26 bits per heavy atom. The maximum Gasteiger partial charge on any atom is 0.276 e. The van der Waals surface area contributed by atoms with Crippen molar-refractivity contribution in [2.75, 3.05) is 0 Å². The van der Waals surface area contributed by atoms with Crippen molar-refractivity contribution in [3.8, 4) is 5.75 Å². The van der Waals surface area contributed by atoms with Crippen molar-refractivity contribution in [1.29, 1.82) is 0 Å². The summed E-state index contributed by atoms with van der Waals surface area (Å²) in [6.07, 6.45) is 1.74. The first-order valence-corrected chi connectivity index (χ1v) is 6.88. The Kier molecular flexibility index (Phi) is 3.72. The molecule has 1 fully saturated rings. The van der Waals surface area contributed by atoms with E-state index < -0.39 is 0 Å². The number of alkyl halides is 1. The van der Waals surface area contributed by atoms with Gasteiger partial charge in [0.05, 0.1) is 10.5 Å². The van der Waals surface area contributed by atoms with Gasteiger partial charge in [0.25, 0.3) is 5.69 Å². The molecular formula is C14H18ClNO3. The lowest BCUT2D eigenvalue weighted by Gasteiger charge is -2.50. The number of benzene rings is 1. The molecule has 0 spiro atoms. The van der Waals surface area contributed by atoms with Crippen molar-refractivity contribution >= 4 is 17.3 Å². The minimum Gasteiger partial charge on any atom is -0.489 e. The monoisotopic (exact) mass is 283 g/mol. The first-order valence-electron chi connectivity index (χ1n) is 6.45. The Hall–Kier alpha value is -1.29. The van der Waals surface area contributed by atoms with E-state index in [1.165, 1.54) is 6.07 Å². The molecule has 4 nitrogen and oxygen atoms in total. The fourth-order valence-electron chi connectivity index (χ4n) is 2.48. The summed E-state index contributed by atoms with van der Waals surface area (Å²) in [5.74, 6) is 0.586. The van der Waals surface area contributed by atoms with Gasteiger partial charge in [-0.2, -0.15) is 0 Å². The molecule has 0 aliphatic heterocycles. The predicted molar refractivity (Wildman–Crippen MR) is 74.9 cm³/mol. The van der Waals surface area contributed by atoms with Crippen LogP contribution in [-0.4, -0.2) is 16.4 Å². The summed E-state index contributed by atoms with van der Waals surface area (Å²) in [4.78, 5) is 10.5. The molecule has 0 bridgehead atoms. The van der Waals surface area contributed by atoms with Gasteiger partial charge in [-0.3, -0.25) is 10.1 Å². The lowest BCUT2D eigenvalue weighted by Crippen LogP contribution is -2.55. The van der Waals surface area contributed by atoms with Crippen LogP contribution in [0.1, 0.15) is 32.3 Å². The SMILES string of the molecule is CCC1(C)C(Cl)CC1Oc1cccc([N+](=O)[O-])c1C. The topological polar surface area (TPSA) is 52.4 Å². The molecule has 19 heavy (non-hydrogen) atoms. The number of halogens is 1. The van der Waals surface area contributed by atoms with Crippen molar-refractivity contribution in [2.45, 2.75) is 45.1 Å². The second kappa shape index (κ2) is 5.00. The van der Waals surface area contributed by atoms with Gasteiger partial charge in [-0.15, -0.1) is 11.6 Å². The highest BCUT2D eigenvalue weighted by Gasteiger charge is 2.51. The molecule has 0 N–H and O–H groups in total. The average Bonchev–Trinajstić information content (AvgIpc) is 2.39. The van der Waals surface area contributed by atoms with Gasteiger partial charge in [0.15, 0.2) is 0 Å². The van der Waals surface area contributed by atoms with Gasteiger partial charge in [-0.1, -0.05) is 19.9 Å². The van der Waals surface area contributed by atoms with E-state index in [0.717, 1.165) is 12.8 Å². The molecule has 1 aromatic carbocycles. The third kappa shape index (κ3) is 2.29. The van der Waals surface area contributed by atoms with Crippen molar-refractivity contribution in [1.82, 2.24) is 0 Å². The summed E-state index contributed by atoms with van der Waals surface area (Å²) in [6, 6.07) is 4.92. The van der Waals surface area contributed by atoms with Gasteiger partial charge in [-0.05, 0) is 19.4 Å². The lowest BCUT2D eigenvalue weighted by molar-refractivity contribution is -0.385. The lowest BCUT2D eigenvalue weighted by atomic mass is 9.65. The van der Waals surface area contributed by atoms with Crippen LogP contribution >= 0.6 is 11.6 Å². The molecular weight excluding hydrogens is 266 g/mol. The van der Waals surface area contributed by atoms with Gasteiger partial charge in [0.2, 0.25) is 0 Å². The average molecular weight is 284 g/mol. The summed E-state index contributed by atoms with van der Waals surface area (Å²) in [5.41, 5.74) is 0.611. The van der Waals surface area contributed by atoms with Gasteiger partial charge in [0.1, 0.15) is 11.9 Å². The van der Waals surface area contributed by atoms with Crippen LogP contribution in [0.3, 0.4) is 0 Å². The summed E-state index contributed by atoms with van der Waals surface area (Å²) in [5, 5.41) is 11.0.